The van der Waals surface area contributed by atoms with E-state index in [-0.39, 0.29) is 29.9 Å². The normalized spacial score (nSPS) is 11.5. The molecule has 0 radical (unpaired) electrons. The van der Waals surface area contributed by atoms with Crippen LogP contribution in [0, 0.1) is 5.82 Å². The SMILES string of the molecule is CNC(=O)C(Cc1ccccc1)N(Cc1cccc(OC)c1)C(=O)CSCc1ccc(F)cc1. The van der Waals surface area contributed by atoms with Crippen molar-refractivity contribution in [2.45, 2.75) is 24.8 Å². The maximum atomic E-state index is 13.4. The van der Waals surface area contributed by atoms with Crippen LogP contribution in [0.3, 0.4) is 0 Å². The van der Waals surface area contributed by atoms with E-state index in [1.165, 1.54) is 23.9 Å². The highest BCUT2D eigenvalue weighted by atomic mass is 32.2. The molecule has 0 heterocycles. The summed E-state index contributed by atoms with van der Waals surface area (Å²) in [7, 11) is 3.18. The molecule has 1 atom stereocenters. The average Bonchev–Trinajstić information content (AvgIpc) is 2.87. The molecule has 0 saturated heterocycles. The number of halogens is 1. The Morgan fingerprint density at radius 1 is 0.971 bits per heavy atom. The van der Waals surface area contributed by atoms with Gasteiger partial charge in [-0.15, -0.1) is 11.8 Å². The number of benzene rings is 3. The van der Waals surface area contributed by atoms with Gasteiger partial charge in [-0.05, 0) is 41.0 Å². The van der Waals surface area contributed by atoms with Gasteiger partial charge in [0.05, 0.1) is 12.9 Å². The van der Waals surface area contributed by atoms with Gasteiger partial charge >= 0.3 is 0 Å². The van der Waals surface area contributed by atoms with Gasteiger partial charge in [-0.1, -0.05) is 54.6 Å². The van der Waals surface area contributed by atoms with Gasteiger partial charge in [-0.3, -0.25) is 9.59 Å². The fourth-order valence-corrected chi connectivity index (χ4v) is 4.48. The minimum absolute atomic E-state index is 0.139. The minimum Gasteiger partial charge on any atom is -0.497 e. The summed E-state index contributed by atoms with van der Waals surface area (Å²) in [5, 5.41) is 2.72. The molecular weight excluding hydrogens is 451 g/mol. The number of nitrogens with one attached hydrogen (secondary N) is 1. The number of methoxy groups -OCH3 is 1. The summed E-state index contributed by atoms with van der Waals surface area (Å²) in [5.41, 5.74) is 2.78. The quantitative estimate of drug-likeness (QED) is 0.441. The third-order valence-corrected chi connectivity index (χ3v) is 6.40. The standard InChI is InChI=1S/C27H29FN2O3S/c1-29-27(32)25(16-20-7-4-3-5-8-20)30(17-22-9-6-10-24(15-22)33-2)26(31)19-34-18-21-11-13-23(28)14-12-21/h3-15,25H,16-19H2,1-2H3,(H,29,32). The number of hydrogen-bond donors (Lipinski definition) is 1. The number of hydrogen-bond acceptors (Lipinski definition) is 4. The zero-order valence-electron chi connectivity index (χ0n) is 19.4. The van der Waals surface area contributed by atoms with Crippen molar-refractivity contribution in [3.05, 3.63) is 101 Å². The highest BCUT2D eigenvalue weighted by molar-refractivity contribution is 7.99. The van der Waals surface area contributed by atoms with E-state index in [4.69, 9.17) is 4.74 Å². The molecule has 1 unspecified atom stereocenters. The lowest BCUT2D eigenvalue weighted by molar-refractivity contribution is -0.139. The monoisotopic (exact) mass is 480 g/mol. The molecule has 0 aliphatic heterocycles. The summed E-state index contributed by atoms with van der Waals surface area (Å²) in [6.07, 6.45) is 0.402. The first-order valence-electron chi connectivity index (χ1n) is 11.0. The van der Waals surface area contributed by atoms with Gasteiger partial charge in [0.2, 0.25) is 11.8 Å². The summed E-state index contributed by atoms with van der Waals surface area (Å²) < 4.78 is 18.5. The number of ether oxygens (including phenoxy) is 1. The van der Waals surface area contributed by atoms with Crippen LogP contribution < -0.4 is 10.1 Å². The fourth-order valence-electron chi connectivity index (χ4n) is 3.61. The maximum absolute atomic E-state index is 13.4. The number of thioether (sulfide) groups is 1. The number of carbonyl (C=O) groups is 2. The van der Waals surface area contributed by atoms with Crippen LogP contribution in [-0.2, 0) is 28.3 Å². The van der Waals surface area contributed by atoms with Crippen molar-refractivity contribution < 1.29 is 18.7 Å². The Labute approximate surface area is 204 Å². The lowest BCUT2D eigenvalue weighted by atomic mass is 10.0. The molecule has 0 aliphatic rings. The third kappa shape index (κ3) is 7.35. The zero-order chi connectivity index (χ0) is 24.3. The van der Waals surface area contributed by atoms with E-state index in [0.29, 0.717) is 17.9 Å². The molecule has 0 bridgehead atoms. The highest BCUT2D eigenvalue weighted by Crippen LogP contribution is 2.20. The molecule has 3 aromatic rings. The van der Waals surface area contributed by atoms with E-state index in [1.807, 2.05) is 54.6 Å². The molecule has 0 spiro atoms. The lowest BCUT2D eigenvalue weighted by Gasteiger charge is -2.31. The van der Waals surface area contributed by atoms with Gasteiger partial charge in [0.15, 0.2) is 0 Å². The molecule has 0 aliphatic carbocycles. The van der Waals surface area contributed by atoms with Crippen LogP contribution in [0.4, 0.5) is 4.39 Å². The van der Waals surface area contributed by atoms with Crippen LogP contribution in [0.25, 0.3) is 0 Å². The number of likely N-dealkylation sites (N-methyl/N-ethyl adjacent to an activating group) is 1. The predicted molar refractivity (Wildman–Crippen MR) is 134 cm³/mol. The van der Waals surface area contributed by atoms with Crippen LogP contribution >= 0.6 is 11.8 Å². The maximum Gasteiger partial charge on any atom is 0.242 e. The number of nitrogens with zero attached hydrogens (tertiary/aromatic N) is 1. The summed E-state index contributed by atoms with van der Waals surface area (Å²) in [6, 6.07) is 22.7. The number of carbonyl (C=O) groups excluding carboxylic acids is 2. The van der Waals surface area contributed by atoms with E-state index >= 15 is 0 Å². The first-order valence-corrected chi connectivity index (χ1v) is 12.2. The zero-order valence-corrected chi connectivity index (χ0v) is 20.2. The summed E-state index contributed by atoms with van der Waals surface area (Å²) in [5.74, 6) is 0.813. The van der Waals surface area contributed by atoms with E-state index in [9.17, 15) is 14.0 Å². The lowest BCUT2D eigenvalue weighted by Crippen LogP contribution is -2.50. The second-order valence-corrected chi connectivity index (χ2v) is 8.80. The second-order valence-electron chi connectivity index (χ2n) is 7.81. The molecule has 3 aromatic carbocycles. The Bertz CT molecular complexity index is 1080. The largest absolute Gasteiger partial charge is 0.497 e. The molecule has 1 N–H and O–H groups in total. The van der Waals surface area contributed by atoms with Crippen molar-refractivity contribution >= 4 is 23.6 Å². The van der Waals surface area contributed by atoms with Crippen molar-refractivity contribution in [3.63, 3.8) is 0 Å². The topological polar surface area (TPSA) is 58.6 Å². The molecule has 34 heavy (non-hydrogen) atoms. The molecule has 0 saturated carbocycles. The Morgan fingerprint density at radius 2 is 1.68 bits per heavy atom. The van der Waals surface area contributed by atoms with Crippen molar-refractivity contribution in [2.75, 3.05) is 19.9 Å². The molecule has 0 fully saturated rings. The summed E-state index contributed by atoms with van der Waals surface area (Å²) in [6.45, 7) is 0.276. The van der Waals surface area contributed by atoms with Crippen LogP contribution in [-0.4, -0.2) is 42.7 Å². The van der Waals surface area contributed by atoms with Crippen molar-refractivity contribution in [2.24, 2.45) is 0 Å². The van der Waals surface area contributed by atoms with E-state index in [0.717, 1.165) is 16.7 Å². The van der Waals surface area contributed by atoms with Crippen molar-refractivity contribution in [3.8, 4) is 5.75 Å². The van der Waals surface area contributed by atoms with Crippen LogP contribution in [0.15, 0.2) is 78.9 Å². The molecule has 3 rings (SSSR count). The van der Waals surface area contributed by atoms with Gasteiger partial charge in [0.1, 0.15) is 17.6 Å². The average molecular weight is 481 g/mol. The Morgan fingerprint density at radius 3 is 2.35 bits per heavy atom. The van der Waals surface area contributed by atoms with E-state index in [2.05, 4.69) is 5.32 Å². The summed E-state index contributed by atoms with van der Waals surface area (Å²) in [4.78, 5) is 28.0. The van der Waals surface area contributed by atoms with Crippen LogP contribution in [0.2, 0.25) is 0 Å². The molecule has 178 valence electrons. The second kappa shape index (κ2) is 12.8. The molecular formula is C27H29FN2O3S. The molecule has 5 nitrogen and oxygen atoms in total. The van der Waals surface area contributed by atoms with Crippen molar-refractivity contribution in [1.82, 2.24) is 10.2 Å². The van der Waals surface area contributed by atoms with Gasteiger partial charge in [0.25, 0.3) is 0 Å². The minimum atomic E-state index is -0.669. The first-order chi connectivity index (χ1) is 16.5. The van der Waals surface area contributed by atoms with E-state index < -0.39 is 6.04 Å². The fraction of sp³-hybridized carbons (Fsp3) is 0.259. The molecule has 0 aromatic heterocycles. The van der Waals surface area contributed by atoms with Gasteiger partial charge in [-0.25, -0.2) is 4.39 Å². The molecule has 2 amide bonds. The van der Waals surface area contributed by atoms with Gasteiger partial charge in [-0.2, -0.15) is 0 Å². The van der Waals surface area contributed by atoms with Crippen LogP contribution in [0.5, 0.6) is 5.75 Å². The number of rotatable bonds is 11. The predicted octanol–water partition coefficient (Wildman–Crippen LogP) is 4.45. The summed E-state index contributed by atoms with van der Waals surface area (Å²) >= 11 is 1.44. The smallest absolute Gasteiger partial charge is 0.242 e. The Balaban J connectivity index is 1.81. The Hall–Kier alpha value is -3.32. The van der Waals surface area contributed by atoms with Gasteiger partial charge < -0.3 is 15.0 Å². The van der Waals surface area contributed by atoms with Gasteiger partial charge in [0, 0.05) is 25.8 Å². The van der Waals surface area contributed by atoms with E-state index in [1.54, 1.807) is 31.2 Å². The van der Waals surface area contributed by atoms with Crippen LogP contribution in [0.1, 0.15) is 16.7 Å². The first kappa shape index (κ1) is 25.3. The number of amides is 2. The van der Waals surface area contributed by atoms with Crippen molar-refractivity contribution in [1.29, 1.82) is 0 Å². The Kier molecular flexibility index (Phi) is 9.52. The third-order valence-electron chi connectivity index (χ3n) is 5.41. The molecule has 7 heteroatoms. The highest BCUT2D eigenvalue weighted by Gasteiger charge is 2.29.